The normalized spacial score (nSPS) is 13.5. The maximum Gasteiger partial charge on any atom is 0.237 e. The number of hydrogen-bond acceptors (Lipinski definition) is 9. The van der Waals surface area contributed by atoms with Crippen molar-refractivity contribution in [2.24, 2.45) is 10.4 Å². The molecule has 0 rings (SSSR count). The summed E-state index contributed by atoms with van der Waals surface area (Å²) in [5.41, 5.74) is 0. The smallest absolute Gasteiger partial charge is 0.237 e. The van der Waals surface area contributed by atoms with E-state index in [1.807, 2.05) is 7.05 Å². The van der Waals surface area contributed by atoms with Gasteiger partial charge in [0.15, 0.2) is 0 Å². The van der Waals surface area contributed by atoms with E-state index in [0.717, 1.165) is 110 Å². The minimum atomic E-state index is -0.509. The van der Waals surface area contributed by atoms with Crippen LogP contribution in [0.3, 0.4) is 0 Å². The van der Waals surface area contributed by atoms with Gasteiger partial charge < -0.3 is 25.2 Å². The van der Waals surface area contributed by atoms with Crippen LogP contribution < -0.4 is 10.6 Å². The number of nitroso groups, excluding NO2 is 2. The molecule has 2 N–H and O–H groups in total. The average Bonchev–Trinajstić information content (AvgIpc) is 3.38. The highest BCUT2D eigenvalue weighted by molar-refractivity contribution is 5.84. The predicted molar refractivity (Wildman–Crippen MR) is 309 cm³/mol. The summed E-state index contributed by atoms with van der Waals surface area (Å²) >= 11 is 0. The zero-order valence-corrected chi connectivity index (χ0v) is 48.2. The topological polar surface area (TPSA) is 124 Å². The molecule has 0 aliphatic heterocycles. The van der Waals surface area contributed by atoms with E-state index in [1.165, 1.54) is 205 Å². The Kier molecular flexibility index (Phi) is 54.6. The minimum Gasteiger partial charge on any atom is -0.345 e. The lowest BCUT2D eigenvalue weighted by Crippen LogP contribution is -2.47. The lowest BCUT2D eigenvalue weighted by Gasteiger charge is -2.25. The summed E-state index contributed by atoms with van der Waals surface area (Å²) in [6.07, 6.45) is 53.9. The quantitative estimate of drug-likeness (QED) is 0.0353. The van der Waals surface area contributed by atoms with Gasteiger partial charge in [-0.2, -0.15) is 9.81 Å². The molecule has 10 nitrogen and oxygen atoms in total. The maximum absolute atomic E-state index is 13.5. The van der Waals surface area contributed by atoms with Crippen molar-refractivity contribution in [2.45, 2.75) is 334 Å². The number of nitrogens with one attached hydrogen (secondary N) is 2. The van der Waals surface area contributed by atoms with Gasteiger partial charge in [0.2, 0.25) is 5.91 Å². The Morgan fingerprint density at radius 3 is 0.958 bits per heavy atom. The number of likely N-dealkylation sites (N-methyl/N-ethyl adjacent to an activating group) is 1. The molecule has 0 aliphatic carbocycles. The molecule has 420 valence electrons. The minimum absolute atomic E-state index is 0.106. The molecule has 0 aromatic rings. The highest BCUT2D eigenvalue weighted by Crippen LogP contribution is 2.18. The molecule has 4 atom stereocenters. The summed E-state index contributed by atoms with van der Waals surface area (Å²) in [4.78, 5) is 54.8. The summed E-state index contributed by atoms with van der Waals surface area (Å²) < 4.78 is 0. The predicted octanol–water partition coefficient (Wildman–Crippen LogP) is 17.4. The van der Waals surface area contributed by atoms with Crippen LogP contribution in [-0.2, 0) is 9.59 Å². The SMILES string of the molecule is CCCCCCCCCCCCN(CCCC[C@H](C=O)NC(=O)[C@@H](CCCCN(CCCCCCCCCCCC)CC(CCCCCCCCCC)N=O)NC)CC(CCCCCCCCCC)N=O. The molecule has 0 aliphatic rings. The fraction of sp³-hybridized carbons (Fsp3) is 0.967. The van der Waals surface area contributed by atoms with Gasteiger partial charge in [-0.3, -0.25) is 4.79 Å². The van der Waals surface area contributed by atoms with E-state index in [2.05, 4.69) is 58.5 Å². The second-order valence-corrected chi connectivity index (χ2v) is 22.1. The standard InChI is InChI=1S/C61H122N6O4/c1-6-10-14-18-22-26-28-32-36-42-50-66(54-57(64-70)46-38-34-30-24-20-16-12-8-3)52-44-40-48-59(56-68)63-61(69)60(62-5)49-41-45-53-67(51-43-37-33-29-27-23-19-15-11-7-2)55-58(65-71)47-39-35-31-25-21-17-13-9-4/h56-60,62H,6-55H2,1-5H3,(H,63,69)/t57?,58?,59-,60-/m1/s1. The summed E-state index contributed by atoms with van der Waals surface area (Å²) in [5.74, 6) is -0.106. The number of carbonyl (C=O) groups is 2. The second kappa shape index (κ2) is 56.0. The van der Waals surface area contributed by atoms with Crippen LogP contribution in [0.4, 0.5) is 0 Å². The van der Waals surface area contributed by atoms with Gasteiger partial charge in [-0.15, -0.1) is 0 Å². The lowest BCUT2D eigenvalue weighted by atomic mass is 10.0. The van der Waals surface area contributed by atoms with Crippen LogP contribution in [0.2, 0.25) is 0 Å². The third kappa shape index (κ3) is 46.5. The van der Waals surface area contributed by atoms with Gasteiger partial charge in [0.05, 0.1) is 12.1 Å². The van der Waals surface area contributed by atoms with Gasteiger partial charge in [-0.25, -0.2) is 0 Å². The molecule has 0 heterocycles. The van der Waals surface area contributed by atoms with Crippen molar-refractivity contribution in [3.8, 4) is 0 Å². The first-order valence-electron chi connectivity index (χ1n) is 31.4. The van der Waals surface area contributed by atoms with Crippen LogP contribution in [0, 0.1) is 9.81 Å². The number of carbonyl (C=O) groups excluding carboxylic acids is 2. The number of amides is 1. The van der Waals surface area contributed by atoms with Crippen LogP contribution in [-0.4, -0.2) is 92.5 Å². The molecule has 0 aromatic heterocycles. The van der Waals surface area contributed by atoms with Gasteiger partial charge in [-0.05, 0) is 91.0 Å². The van der Waals surface area contributed by atoms with Gasteiger partial charge >= 0.3 is 0 Å². The fourth-order valence-corrected chi connectivity index (χ4v) is 10.5. The first kappa shape index (κ1) is 69.2. The molecule has 0 aromatic carbocycles. The summed E-state index contributed by atoms with van der Waals surface area (Å²) in [5, 5.41) is 13.5. The van der Waals surface area contributed by atoms with E-state index < -0.39 is 6.04 Å². The van der Waals surface area contributed by atoms with Crippen molar-refractivity contribution in [2.75, 3.05) is 46.3 Å². The van der Waals surface area contributed by atoms with E-state index >= 15 is 0 Å². The van der Waals surface area contributed by atoms with E-state index in [9.17, 15) is 19.4 Å². The van der Waals surface area contributed by atoms with Crippen molar-refractivity contribution in [3.05, 3.63) is 9.81 Å². The van der Waals surface area contributed by atoms with E-state index in [0.29, 0.717) is 12.8 Å². The molecule has 2 unspecified atom stereocenters. The largest absolute Gasteiger partial charge is 0.345 e. The van der Waals surface area contributed by atoms with Crippen molar-refractivity contribution in [3.63, 3.8) is 0 Å². The fourth-order valence-electron chi connectivity index (χ4n) is 10.5. The Labute approximate surface area is 441 Å². The van der Waals surface area contributed by atoms with Crippen molar-refractivity contribution >= 4 is 12.2 Å². The van der Waals surface area contributed by atoms with Crippen LogP contribution in [0.1, 0.15) is 310 Å². The Balaban J connectivity index is 5.08. The van der Waals surface area contributed by atoms with E-state index in [4.69, 9.17) is 0 Å². The Morgan fingerprint density at radius 2 is 0.662 bits per heavy atom. The second-order valence-electron chi connectivity index (χ2n) is 22.1. The highest BCUT2D eigenvalue weighted by atomic mass is 16.3. The molecule has 10 heteroatoms. The maximum atomic E-state index is 13.5. The number of aldehydes is 1. The molecule has 0 radical (unpaired) electrons. The van der Waals surface area contributed by atoms with Crippen LogP contribution in [0.5, 0.6) is 0 Å². The van der Waals surface area contributed by atoms with Crippen molar-refractivity contribution in [1.82, 2.24) is 20.4 Å². The third-order valence-electron chi connectivity index (χ3n) is 15.3. The molecule has 0 spiro atoms. The Morgan fingerprint density at radius 1 is 0.394 bits per heavy atom. The van der Waals surface area contributed by atoms with Crippen LogP contribution >= 0.6 is 0 Å². The highest BCUT2D eigenvalue weighted by Gasteiger charge is 2.21. The first-order valence-corrected chi connectivity index (χ1v) is 31.4. The van der Waals surface area contributed by atoms with Gasteiger partial charge in [0.25, 0.3) is 0 Å². The number of hydrogen-bond donors (Lipinski definition) is 2. The van der Waals surface area contributed by atoms with E-state index in [-0.39, 0.29) is 24.0 Å². The van der Waals surface area contributed by atoms with Gasteiger partial charge in [-0.1, -0.05) is 263 Å². The molecular formula is C61H122N6O4. The first-order chi connectivity index (χ1) is 34.9. The summed E-state index contributed by atoms with van der Waals surface area (Å²) in [6, 6.07) is -1.19. The average molecular weight is 1000 g/mol. The molecule has 1 amide bonds. The Bertz CT molecular complexity index is 1130. The molecule has 0 saturated heterocycles. The molecule has 0 fully saturated rings. The van der Waals surface area contributed by atoms with Gasteiger partial charge in [0, 0.05) is 13.1 Å². The number of nitrogens with zero attached hydrogens (tertiary/aromatic N) is 4. The van der Waals surface area contributed by atoms with Crippen molar-refractivity contribution < 1.29 is 9.59 Å². The third-order valence-corrected chi connectivity index (χ3v) is 15.3. The summed E-state index contributed by atoms with van der Waals surface area (Å²) in [6.45, 7) is 14.3. The lowest BCUT2D eigenvalue weighted by molar-refractivity contribution is -0.126. The van der Waals surface area contributed by atoms with Gasteiger partial charge in [0.1, 0.15) is 18.4 Å². The monoisotopic (exact) mass is 1000 g/mol. The number of rotatable bonds is 60. The Hall–Kier alpha value is -1.78. The van der Waals surface area contributed by atoms with Crippen molar-refractivity contribution in [1.29, 1.82) is 0 Å². The number of unbranched alkanes of at least 4 members (excludes halogenated alkanes) is 34. The summed E-state index contributed by atoms with van der Waals surface area (Å²) in [7, 11) is 1.84. The zero-order valence-electron chi connectivity index (χ0n) is 48.2. The van der Waals surface area contributed by atoms with Crippen LogP contribution in [0.25, 0.3) is 0 Å². The van der Waals surface area contributed by atoms with Crippen LogP contribution in [0.15, 0.2) is 10.4 Å². The molecule has 0 bridgehead atoms. The zero-order chi connectivity index (χ0) is 51.9. The molecule has 0 saturated carbocycles. The van der Waals surface area contributed by atoms with E-state index in [1.54, 1.807) is 0 Å². The molecular weight excluding hydrogens is 881 g/mol. The molecule has 71 heavy (non-hydrogen) atoms.